The molecule has 160 valence electrons. The highest BCUT2D eigenvalue weighted by molar-refractivity contribution is 7.98. The molecule has 2 N–H and O–H groups in total. The number of fused-ring (bicyclic) bond motifs is 1. The van der Waals surface area contributed by atoms with E-state index in [9.17, 15) is 4.79 Å². The maximum absolute atomic E-state index is 12.6. The Balaban J connectivity index is 1.74. The molecule has 0 spiro atoms. The average Bonchev–Trinajstić information content (AvgIpc) is 3.15. The lowest BCUT2D eigenvalue weighted by atomic mass is 10.1. The maximum atomic E-state index is 12.6. The second kappa shape index (κ2) is 9.66. The Morgan fingerprint density at radius 3 is 2.70 bits per heavy atom. The number of anilines is 1. The number of aromatic nitrogens is 4. The van der Waals surface area contributed by atoms with Crippen LogP contribution in [0.3, 0.4) is 0 Å². The Labute approximate surface area is 179 Å². The third-order valence-electron chi connectivity index (χ3n) is 4.35. The highest BCUT2D eigenvalue weighted by atomic mass is 32.2. The summed E-state index contributed by atoms with van der Waals surface area (Å²) in [5.41, 5.74) is 1.17. The van der Waals surface area contributed by atoms with Gasteiger partial charge in [-0.25, -0.2) is 14.6 Å². The summed E-state index contributed by atoms with van der Waals surface area (Å²) in [5.74, 6) is 1.62. The molecule has 1 amide bonds. The van der Waals surface area contributed by atoms with Gasteiger partial charge in [0.2, 0.25) is 0 Å². The fourth-order valence-electron chi connectivity index (χ4n) is 2.93. The summed E-state index contributed by atoms with van der Waals surface area (Å²) in [6, 6.07) is 5.32. The SMILES string of the molecule is COc1ccc(C(=O)NCCn2ncc3c(NC(C)C)nc(SC)nc32)c(OC)c1. The van der Waals surface area contributed by atoms with Crippen LogP contribution in [-0.4, -0.2) is 58.7 Å². The van der Waals surface area contributed by atoms with Crippen molar-refractivity contribution < 1.29 is 14.3 Å². The van der Waals surface area contributed by atoms with Crippen LogP contribution >= 0.6 is 11.8 Å². The first-order valence-corrected chi connectivity index (χ1v) is 10.7. The predicted molar refractivity (Wildman–Crippen MR) is 118 cm³/mol. The van der Waals surface area contributed by atoms with E-state index in [0.29, 0.717) is 35.3 Å². The number of rotatable bonds is 9. The van der Waals surface area contributed by atoms with E-state index in [1.807, 2.05) is 6.26 Å². The van der Waals surface area contributed by atoms with Gasteiger partial charge < -0.3 is 20.1 Å². The van der Waals surface area contributed by atoms with Crippen LogP contribution in [0.5, 0.6) is 11.5 Å². The van der Waals surface area contributed by atoms with E-state index in [-0.39, 0.29) is 11.9 Å². The number of benzene rings is 1. The number of nitrogens with zero attached hydrogens (tertiary/aromatic N) is 4. The van der Waals surface area contributed by atoms with Crippen LogP contribution in [0.2, 0.25) is 0 Å². The number of carbonyl (C=O) groups is 1. The van der Waals surface area contributed by atoms with E-state index in [4.69, 9.17) is 9.47 Å². The lowest BCUT2D eigenvalue weighted by Crippen LogP contribution is -2.28. The number of hydrogen-bond acceptors (Lipinski definition) is 8. The Morgan fingerprint density at radius 1 is 1.23 bits per heavy atom. The summed E-state index contributed by atoms with van der Waals surface area (Å²) in [4.78, 5) is 21.7. The van der Waals surface area contributed by atoms with Gasteiger partial charge in [0.15, 0.2) is 10.8 Å². The van der Waals surface area contributed by atoms with E-state index in [1.165, 1.54) is 18.9 Å². The van der Waals surface area contributed by atoms with Crippen LogP contribution < -0.4 is 20.1 Å². The molecule has 0 bridgehead atoms. The summed E-state index contributed by atoms with van der Waals surface area (Å²) >= 11 is 1.47. The third kappa shape index (κ3) is 4.76. The molecule has 0 aliphatic carbocycles. The zero-order valence-corrected chi connectivity index (χ0v) is 18.5. The van der Waals surface area contributed by atoms with Crippen LogP contribution in [0.1, 0.15) is 24.2 Å². The maximum Gasteiger partial charge on any atom is 0.255 e. The molecule has 30 heavy (non-hydrogen) atoms. The molecule has 0 saturated heterocycles. The molecular weight excluding hydrogens is 404 g/mol. The van der Waals surface area contributed by atoms with Crippen molar-refractivity contribution in [2.45, 2.75) is 31.6 Å². The summed E-state index contributed by atoms with van der Waals surface area (Å²) in [5, 5.41) is 12.2. The van der Waals surface area contributed by atoms with Gasteiger partial charge in [0, 0.05) is 18.7 Å². The van der Waals surface area contributed by atoms with E-state index >= 15 is 0 Å². The van der Waals surface area contributed by atoms with Crippen LogP contribution in [0, 0.1) is 0 Å². The van der Waals surface area contributed by atoms with E-state index in [2.05, 4.69) is 39.5 Å². The summed E-state index contributed by atoms with van der Waals surface area (Å²) < 4.78 is 12.2. The predicted octanol–water partition coefficient (Wildman–Crippen LogP) is 2.82. The zero-order valence-electron chi connectivity index (χ0n) is 17.7. The Kier molecular flexibility index (Phi) is 6.99. The van der Waals surface area contributed by atoms with Gasteiger partial charge in [-0.2, -0.15) is 5.10 Å². The lowest BCUT2D eigenvalue weighted by molar-refractivity contribution is 0.0949. The highest BCUT2D eigenvalue weighted by Crippen LogP contribution is 2.25. The van der Waals surface area contributed by atoms with Gasteiger partial charge in [-0.05, 0) is 32.2 Å². The van der Waals surface area contributed by atoms with Gasteiger partial charge in [-0.3, -0.25) is 4.79 Å². The van der Waals surface area contributed by atoms with Gasteiger partial charge in [0.05, 0.1) is 37.9 Å². The molecule has 10 heteroatoms. The molecule has 0 fully saturated rings. The van der Waals surface area contributed by atoms with Crippen molar-refractivity contribution in [2.75, 3.05) is 32.3 Å². The molecule has 3 rings (SSSR count). The van der Waals surface area contributed by atoms with Crippen LogP contribution in [0.15, 0.2) is 29.6 Å². The highest BCUT2D eigenvalue weighted by Gasteiger charge is 2.15. The quantitative estimate of drug-likeness (QED) is 0.395. The van der Waals surface area contributed by atoms with Crippen molar-refractivity contribution in [3.63, 3.8) is 0 Å². The largest absolute Gasteiger partial charge is 0.497 e. The minimum atomic E-state index is -0.229. The summed E-state index contributed by atoms with van der Waals surface area (Å²) in [7, 11) is 3.09. The first-order chi connectivity index (χ1) is 14.5. The molecule has 0 saturated carbocycles. The van der Waals surface area contributed by atoms with Crippen molar-refractivity contribution in [3.05, 3.63) is 30.0 Å². The summed E-state index contributed by atoms with van der Waals surface area (Å²) in [6.45, 7) is 4.97. The average molecular weight is 431 g/mol. The fraction of sp³-hybridized carbons (Fsp3) is 0.400. The molecule has 2 heterocycles. The van der Waals surface area contributed by atoms with Crippen molar-refractivity contribution in [1.82, 2.24) is 25.1 Å². The molecule has 0 aliphatic heterocycles. The van der Waals surface area contributed by atoms with Crippen LogP contribution in [0.4, 0.5) is 5.82 Å². The van der Waals surface area contributed by atoms with Crippen molar-refractivity contribution in [3.8, 4) is 11.5 Å². The van der Waals surface area contributed by atoms with Gasteiger partial charge >= 0.3 is 0 Å². The summed E-state index contributed by atoms with van der Waals surface area (Å²) in [6.07, 6.45) is 3.68. The number of hydrogen-bond donors (Lipinski definition) is 2. The normalized spacial score (nSPS) is 11.0. The number of carbonyl (C=O) groups excluding carboxylic acids is 1. The van der Waals surface area contributed by atoms with E-state index in [1.54, 1.807) is 36.2 Å². The molecule has 2 aromatic heterocycles. The smallest absolute Gasteiger partial charge is 0.255 e. The molecule has 3 aromatic rings. The molecule has 1 aromatic carbocycles. The number of nitrogens with one attached hydrogen (secondary N) is 2. The molecular formula is C20H26N6O3S. The minimum absolute atomic E-state index is 0.229. The lowest BCUT2D eigenvalue weighted by Gasteiger charge is -2.12. The molecule has 0 radical (unpaired) electrons. The Bertz CT molecular complexity index is 1040. The van der Waals surface area contributed by atoms with Crippen molar-refractivity contribution >= 4 is 34.5 Å². The Morgan fingerprint density at radius 2 is 2.03 bits per heavy atom. The second-order valence-electron chi connectivity index (χ2n) is 6.79. The fourth-order valence-corrected chi connectivity index (χ4v) is 3.29. The number of thioether (sulfide) groups is 1. The van der Waals surface area contributed by atoms with Crippen molar-refractivity contribution in [2.24, 2.45) is 0 Å². The number of ether oxygens (including phenoxy) is 2. The van der Waals surface area contributed by atoms with Gasteiger partial charge in [0.25, 0.3) is 5.91 Å². The number of methoxy groups -OCH3 is 2. The van der Waals surface area contributed by atoms with E-state index < -0.39 is 0 Å². The first kappa shape index (κ1) is 21.7. The number of amides is 1. The molecule has 9 nitrogen and oxygen atoms in total. The van der Waals surface area contributed by atoms with Gasteiger partial charge in [-0.1, -0.05) is 11.8 Å². The topological polar surface area (TPSA) is 103 Å². The molecule has 0 unspecified atom stereocenters. The second-order valence-corrected chi connectivity index (χ2v) is 7.56. The van der Waals surface area contributed by atoms with Gasteiger partial charge in [0.1, 0.15) is 17.3 Å². The van der Waals surface area contributed by atoms with E-state index in [0.717, 1.165) is 16.9 Å². The minimum Gasteiger partial charge on any atom is -0.497 e. The van der Waals surface area contributed by atoms with Gasteiger partial charge in [-0.15, -0.1) is 0 Å². The molecule has 0 aliphatic rings. The monoisotopic (exact) mass is 430 g/mol. The van der Waals surface area contributed by atoms with Crippen LogP contribution in [-0.2, 0) is 6.54 Å². The standard InChI is InChI=1S/C20H26N6O3S/c1-12(2)23-17-15-11-22-26(18(15)25-20(24-17)30-5)9-8-21-19(27)14-7-6-13(28-3)10-16(14)29-4/h6-7,10-12H,8-9H2,1-5H3,(H,21,27)(H,23,24,25). The zero-order chi connectivity index (χ0) is 21.7. The van der Waals surface area contributed by atoms with Crippen LogP contribution in [0.25, 0.3) is 11.0 Å². The van der Waals surface area contributed by atoms with Crippen molar-refractivity contribution in [1.29, 1.82) is 0 Å². The Hall–Kier alpha value is -3.01. The first-order valence-electron chi connectivity index (χ1n) is 9.51. The third-order valence-corrected chi connectivity index (χ3v) is 4.89. The molecule has 0 atom stereocenters.